The molecule has 5 heteroatoms. The van der Waals surface area contributed by atoms with Gasteiger partial charge in [0.25, 0.3) is 5.91 Å². The van der Waals surface area contributed by atoms with Crippen molar-refractivity contribution in [3.63, 3.8) is 0 Å². The number of benzene rings is 1. The number of rotatable bonds is 5. The SMILES string of the molecule is Cc1c(C(=O)NC(C)(CO)C2CC2)cnn1-c1ccccc1. The topological polar surface area (TPSA) is 67.2 Å². The molecule has 1 atom stereocenters. The number of nitrogens with zero attached hydrogens (tertiary/aromatic N) is 2. The largest absolute Gasteiger partial charge is 0.394 e. The molecular formula is C17H21N3O2. The molecular weight excluding hydrogens is 278 g/mol. The minimum atomic E-state index is -0.543. The zero-order valence-electron chi connectivity index (χ0n) is 12.9. The molecule has 5 nitrogen and oxygen atoms in total. The normalized spacial score (nSPS) is 17.0. The molecule has 2 N–H and O–H groups in total. The fourth-order valence-electron chi connectivity index (χ4n) is 2.78. The van der Waals surface area contributed by atoms with E-state index in [1.165, 1.54) is 0 Å². The summed E-state index contributed by atoms with van der Waals surface area (Å²) in [7, 11) is 0. The maximum atomic E-state index is 12.5. The summed E-state index contributed by atoms with van der Waals surface area (Å²) in [5.74, 6) is 0.189. The molecule has 1 aliphatic rings. The monoisotopic (exact) mass is 299 g/mol. The minimum absolute atomic E-state index is 0.0464. The summed E-state index contributed by atoms with van der Waals surface area (Å²) in [5.41, 5.74) is 1.72. The molecule has 22 heavy (non-hydrogen) atoms. The van der Waals surface area contributed by atoms with Gasteiger partial charge >= 0.3 is 0 Å². The number of carbonyl (C=O) groups is 1. The molecule has 1 aromatic carbocycles. The average Bonchev–Trinajstić information content (AvgIpc) is 3.31. The van der Waals surface area contributed by atoms with Crippen LogP contribution in [-0.4, -0.2) is 32.9 Å². The lowest BCUT2D eigenvalue weighted by molar-refractivity contribution is 0.0824. The van der Waals surface area contributed by atoms with E-state index in [1.54, 1.807) is 10.9 Å². The maximum absolute atomic E-state index is 12.5. The van der Waals surface area contributed by atoms with E-state index in [0.717, 1.165) is 24.2 Å². The number of hydrogen-bond donors (Lipinski definition) is 2. The molecule has 0 spiro atoms. The predicted molar refractivity (Wildman–Crippen MR) is 84.0 cm³/mol. The number of aromatic nitrogens is 2. The van der Waals surface area contributed by atoms with Crippen LogP contribution in [0, 0.1) is 12.8 Å². The van der Waals surface area contributed by atoms with Crippen LogP contribution in [0.2, 0.25) is 0 Å². The van der Waals surface area contributed by atoms with E-state index in [2.05, 4.69) is 10.4 Å². The zero-order chi connectivity index (χ0) is 15.7. The van der Waals surface area contributed by atoms with Crippen molar-refractivity contribution in [2.45, 2.75) is 32.2 Å². The van der Waals surface area contributed by atoms with Crippen molar-refractivity contribution in [1.82, 2.24) is 15.1 Å². The molecule has 1 saturated carbocycles. The Morgan fingerprint density at radius 1 is 1.41 bits per heavy atom. The Morgan fingerprint density at radius 3 is 2.68 bits per heavy atom. The minimum Gasteiger partial charge on any atom is -0.394 e. The van der Waals surface area contributed by atoms with Gasteiger partial charge in [0.2, 0.25) is 0 Å². The molecule has 1 aromatic heterocycles. The van der Waals surface area contributed by atoms with Gasteiger partial charge in [-0.3, -0.25) is 4.79 Å². The number of para-hydroxylation sites is 1. The highest BCUT2D eigenvalue weighted by Gasteiger charge is 2.42. The Balaban J connectivity index is 1.84. The van der Waals surface area contributed by atoms with Crippen molar-refractivity contribution < 1.29 is 9.90 Å². The first-order chi connectivity index (χ1) is 10.5. The van der Waals surface area contributed by atoms with Gasteiger partial charge < -0.3 is 10.4 Å². The molecule has 116 valence electrons. The highest BCUT2D eigenvalue weighted by molar-refractivity contribution is 5.95. The fourth-order valence-corrected chi connectivity index (χ4v) is 2.78. The summed E-state index contributed by atoms with van der Waals surface area (Å²) >= 11 is 0. The smallest absolute Gasteiger partial charge is 0.255 e. The van der Waals surface area contributed by atoms with Crippen LogP contribution in [0.1, 0.15) is 35.8 Å². The van der Waals surface area contributed by atoms with Crippen LogP contribution < -0.4 is 5.32 Å². The second-order valence-corrected chi connectivity index (χ2v) is 6.19. The third kappa shape index (κ3) is 2.64. The Labute approximate surface area is 130 Å². The molecule has 1 aliphatic carbocycles. The first kappa shape index (κ1) is 14.8. The number of carbonyl (C=O) groups excluding carboxylic acids is 1. The van der Waals surface area contributed by atoms with E-state index in [-0.39, 0.29) is 12.5 Å². The van der Waals surface area contributed by atoms with Crippen LogP contribution >= 0.6 is 0 Å². The first-order valence-corrected chi connectivity index (χ1v) is 7.58. The summed E-state index contributed by atoms with van der Waals surface area (Å²) in [5, 5.41) is 16.9. The number of aliphatic hydroxyl groups excluding tert-OH is 1. The van der Waals surface area contributed by atoms with Crippen LogP contribution in [0.25, 0.3) is 5.69 Å². The Hall–Kier alpha value is -2.14. The van der Waals surface area contributed by atoms with E-state index >= 15 is 0 Å². The molecule has 3 rings (SSSR count). The molecule has 1 fully saturated rings. The van der Waals surface area contributed by atoms with E-state index in [1.807, 2.05) is 44.2 Å². The lowest BCUT2D eigenvalue weighted by Gasteiger charge is -2.28. The van der Waals surface area contributed by atoms with Crippen molar-refractivity contribution in [2.24, 2.45) is 5.92 Å². The zero-order valence-corrected chi connectivity index (χ0v) is 12.9. The fraction of sp³-hybridized carbons (Fsp3) is 0.412. The summed E-state index contributed by atoms with van der Waals surface area (Å²) < 4.78 is 1.75. The predicted octanol–water partition coefficient (Wildman–Crippen LogP) is 2.07. The second-order valence-electron chi connectivity index (χ2n) is 6.19. The average molecular weight is 299 g/mol. The Bertz CT molecular complexity index is 676. The molecule has 1 unspecified atom stereocenters. The molecule has 1 amide bonds. The highest BCUT2D eigenvalue weighted by Crippen LogP contribution is 2.39. The second kappa shape index (κ2) is 5.57. The summed E-state index contributed by atoms with van der Waals surface area (Å²) in [6.45, 7) is 3.73. The third-order valence-corrected chi connectivity index (χ3v) is 4.46. The van der Waals surface area contributed by atoms with Gasteiger partial charge in [-0.25, -0.2) is 4.68 Å². The lowest BCUT2D eigenvalue weighted by Crippen LogP contribution is -2.50. The Morgan fingerprint density at radius 2 is 2.09 bits per heavy atom. The van der Waals surface area contributed by atoms with Gasteiger partial charge in [-0.1, -0.05) is 18.2 Å². The number of aliphatic hydroxyl groups is 1. The Kier molecular flexibility index (Phi) is 3.74. The van der Waals surface area contributed by atoms with E-state index in [9.17, 15) is 9.90 Å². The van der Waals surface area contributed by atoms with Crippen molar-refractivity contribution in [1.29, 1.82) is 0 Å². The van der Waals surface area contributed by atoms with Gasteiger partial charge in [-0.15, -0.1) is 0 Å². The van der Waals surface area contributed by atoms with Gasteiger partial charge in [-0.2, -0.15) is 5.10 Å². The molecule has 1 heterocycles. The first-order valence-electron chi connectivity index (χ1n) is 7.58. The van der Waals surface area contributed by atoms with Gasteiger partial charge in [0.15, 0.2) is 0 Å². The number of hydrogen-bond acceptors (Lipinski definition) is 3. The van der Waals surface area contributed by atoms with Gasteiger partial charge in [0.05, 0.1) is 35.3 Å². The van der Waals surface area contributed by atoms with Crippen LogP contribution in [-0.2, 0) is 0 Å². The summed E-state index contributed by atoms with van der Waals surface area (Å²) in [6, 6.07) is 9.71. The van der Waals surface area contributed by atoms with Gasteiger partial charge in [-0.05, 0) is 44.7 Å². The van der Waals surface area contributed by atoms with Crippen LogP contribution in [0.15, 0.2) is 36.5 Å². The summed E-state index contributed by atoms with van der Waals surface area (Å²) in [4.78, 5) is 12.5. The van der Waals surface area contributed by atoms with Gasteiger partial charge in [0, 0.05) is 0 Å². The molecule has 0 saturated heterocycles. The number of amides is 1. The van der Waals surface area contributed by atoms with Crippen LogP contribution in [0.4, 0.5) is 0 Å². The third-order valence-electron chi connectivity index (χ3n) is 4.46. The van der Waals surface area contributed by atoms with E-state index in [0.29, 0.717) is 11.5 Å². The standard InChI is InChI=1S/C17H21N3O2/c1-12-15(10-18-20(12)14-6-4-3-5-7-14)16(22)19-17(2,11-21)13-8-9-13/h3-7,10,13,21H,8-9,11H2,1-2H3,(H,19,22). The lowest BCUT2D eigenvalue weighted by atomic mass is 9.96. The van der Waals surface area contributed by atoms with E-state index < -0.39 is 5.54 Å². The summed E-state index contributed by atoms with van der Waals surface area (Å²) in [6.07, 6.45) is 3.70. The molecule has 0 aliphatic heterocycles. The van der Waals surface area contributed by atoms with E-state index in [4.69, 9.17) is 0 Å². The van der Waals surface area contributed by atoms with Crippen LogP contribution in [0.3, 0.4) is 0 Å². The van der Waals surface area contributed by atoms with Crippen LogP contribution in [0.5, 0.6) is 0 Å². The molecule has 2 aromatic rings. The molecule has 0 bridgehead atoms. The highest BCUT2D eigenvalue weighted by atomic mass is 16.3. The van der Waals surface area contributed by atoms with Crippen molar-refractivity contribution in [2.75, 3.05) is 6.61 Å². The quantitative estimate of drug-likeness (QED) is 0.888. The van der Waals surface area contributed by atoms with Gasteiger partial charge in [0.1, 0.15) is 0 Å². The van der Waals surface area contributed by atoms with Crippen molar-refractivity contribution >= 4 is 5.91 Å². The number of nitrogens with one attached hydrogen (secondary N) is 1. The molecule has 0 radical (unpaired) electrons. The maximum Gasteiger partial charge on any atom is 0.255 e. The van der Waals surface area contributed by atoms with Crippen molar-refractivity contribution in [3.05, 3.63) is 47.8 Å². The van der Waals surface area contributed by atoms with Crippen molar-refractivity contribution in [3.8, 4) is 5.69 Å².